The molecule has 0 spiro atoms. The van der Waals surface area contributed by atoms with Crippen molar-refractivity contribution in [3.05, 3.63) is 75.9 Å². The van der Waals surface area contributed by atoms with Gasteiger partial charge in [0.05, 0.1) is 42.4 Å². The molecular weight excluding hydrogens is 1010 g/mol. The van der Waals surface area contributed by atoms with Crippen molar-refractivity contribution in [1.29, 1.82) is 0 Å². The number of phenols is 1. The van der Waals surface area contributed by atoms with Gasteiger partial charge in [-0.25, -0.2) is 14.8 Å². The van der Waals surface area contributed by atoms with Crippen LogP contribution >= 0.6 is 0 Å². The van der Waals surface area contributed by atoms with E-state index in [0.29, 0.717) is 29.7 Å². The van der Waals surface area contributed by atoms with Gasteiger partial charge in [0, 0.05) is 99.3 Å². The van der Waals surface area contributed by atoms with E-state index in [2.05, 4.69) is 15.3 Å². The maximum atomic E-state index is 15.2. The van der Waals surface area contributed by atoms with Crippen LogP contribution in [0.2, 0.25) is 0 Å². The van der Waals surface area contributed by atoms with Crippen LogP contribution in [0.15, 0.2) is 73.8 Å². The number of aromatic carboxylic acids is 1. The molecule has 5 amide bonds. The molecule has 5 aliphatic heterocycles. The summed E-state index contributed by atoms with van der Waals surface area (Å²) in [5, 5.41) is 23.6. The maximum absolute atomic E-state index is 15.2. The first kappa shape index (κ1) is 56.1. The lowest BCUT2D eigenvalue weighted by atomic mass is 9.89. The van der Waals surface area contributed by atoms with Gasteiger partial charge < -0.3 is 72.0 Å². The minimum Gasteiger partial charge on any atom is -0.508 e. The number of aliphatic imine (C=N–C) groups is 2. The molecule has 24 heteroatoms. The fraction of sp³-hybridized carbons (Fsp3) is 0.481. The number of rotatable bonds is 17. The Kier molecular flexibility index (Phi) is 16.7. The zero-order valence-corrected chi connectivity index (χ0v) is 44.1. The number of amides is 5. The molecule has 5 heterocycles. The first-order valence-corrected chi connectivity index (χ1v) is 25.9. The number of nitrogens with zero attached hydrogens (tertiary/aromatic N) is 6. The van der Waals surface area contributed by atoms with Crippen LogP contribution in [0, 0.1) is 11.8 Å². The number of carbonyl (C=O) groups excluding carboxylic acids is 6. The Morgan fingerprint density at radius 1 is 0.679 bits per heavy atom. The number of nitrogens with two attached hydrogens (primary N) is 4. The second kappa shape index (κ2) is 23.2. The standard InChI is InChI=1S/C54H67N11O13/c1-26(2)24-76-34-17-40(28(5)66)65(23-34)50(72)42-14-31(61-54(57)58)20-63(42)49(71)41-13-30(60-53(55)56)21-64(41)51(73)43-18-35(77-25-27(3)4)22-62(43)46(69)19-59-48(70)29-6-9-36(52(74)75)39(12-29)47-37-10-7-32(67)15-44(37)78-45-16-33(68)8-11-38(45)47/h6-12,15-16,26-27,30-31,34-35,40-43,67H,13-14,17-25H2,1-5H3,(H,59,70)(H,74,75)(H4,55,56,60)(H4,57,58,61)/t30-,31-,34-,35-,40+,41+,42+,43+/m1/s1. The van der Waals surface area contributed by atoms with E-state index in [1.54, 1.807) is 0 Å². The lowest BCUT2D eigenvalue weighted by Gasteiger charge is -2.35. The summed E-state index contributed by atoms with van der Waals surface area (Å²) in [7, 11) is 0. The van der Waals surface area contributed by atoms with Crippen molar-refractivity contribution in [2.24, 2.45) is 44.8 Å². The number of benzene rings is 3. The quantitative estimate of drug-likeness (QED) is 0.0441. The van der Waals surface area contributed by atoms with Crippen LogP contribution in [0.1, 0.15) is 81.0 Å². The van der Waals surface area contributed by atoms with E-state index in [1.165, 1.54) is 81.1 Å². The van der Waals surface area contributed by atoms with Crippen molar-refractivity contribution in [2.75, 3.05) is 45.9 Å². The number of aromatic hydroxyl groups is 1. The molecule has 8 atom stereocenters. The van der Waals surface area contributed by atoms with Crippen molar-refractivity contribution in [3.8, 4) is 28.2 Å². The monoisotopic (exact) mass is 1080 g/mol. The van der Waals surface area contributed by atoms with Crippen molar-refractivity contribution in [3.63, 3.8) is 0 Å². The second-order valence-electron chi connectivity index (χ2n) is 21.3. The van der Waals surface area contributed by atoms with Gasteiger partial charge >= 0.3 is 5.97 Å². The fourth-order valence-electron chi connectivity index (χ4n) is 11.0. The van der Waals surface area contributed by atoms with Crippen molar-refractivity contribution in [2.45, 2.75) is 109 Å². The van der Waals surface area contributed by atoms with E-state index in [-0.39, 0.29) is 121 Å². The van der Waals surface area contributed by atoms with Gasteiger partial charge in [0.2, 0.25) is 23.6 Å². The van der Waals surface area contributed by atoms with E-state index >= 15 is 9.59 Å². The molecule has 0 aromatic heterocycles. The van der Waals surface area contributed by atoms with Crippen molar-refractivity contribution in [1.82, 2.24) is 24.9 Å². The normalized spacial score (nSPS) is 23.1. The molecule has 4 fully saturated rings. The van der Waals surface area contributed by atoms with E-state index in [4.69, 9.17) is 36.8 Å². The Morgan fingerprint density at radius 3 is 1.76 bits per heavy atom. The zero-order valence-electron chi connectivity index (χ0n) is 44.1. The van der Waals surface area contributed by atoms with E-state index in [9.17, 15) is 39.0 Å². The first-order chi connectivity index (χ1) is 37.0. The van der Waals surface area contributed by atoms with Gasteiger partial charge in [-0.2, -0.15) is 0 Å². The third kappa shape index (κ3) is 12.2. The van der Waals surface area contributed by atoms with Crippen LogP contribution in [0.4, 0.5) is 0 Å². The molecule has 8 rings (SSSR count). The highest BCUT2D eigenvalue weighted by Gasteiger charge is 2.52. The number of guanidine groups is 2. The fourth-order valence-corrected chi connectivity index (χ4v) is 11.0. The second-order valence-corrected chi connectivity index (χ2v) is 21.3. The van der Waals surface area contributed by atoms with E-state index in [0.717, 1.165) is 0 Å². The number of hydrogen-bond acceptors (Lipinski definition) is 14. The van der Waals surface area contributed by atoms with Crippen molar-refractivity contribution >= 4 is 64.2 Å². The number of ketones is 1. The molecule has 6 aliphatic rings. The molecule has 2 aromatic carbocycles. The third-order valence-electron chi connectivity index (χ3n) is 14.4. The lowest BCUT2D eigenvalue weighted by Crippen LogP contribution is -2.57. The zero-order chi connectivity index (χ0) is 56.4. The van der Waals surface area contributed by atoms with Crippen LogP contribution < -0.4 is 33.7 Å². The van der Waals surface area contributed by atoms with E-state index in [1.807, 2.05) is 27.7 Å². The highest BCUT2D eigenvalue weighted by Crippen LogP contribution is 2.42. The van der Waals surface area contributed by atoms with Crippen LogP contribution in [-0.2, 0) is 33.4 Å². The Hall–Kier alpha value is -8.12. The predicted molar refractivity (Wildman–Crippen MR) is 285 cm³/mol. The Balaban J connectivity index is 1.06. The van der Waals surface area contributed by atoms with Crippen LogP contribution in [0.25, 0.3) is 33.4 Å². The SMILES string of the molecule is CC(=O)[C@@H]1C[C@@H](OCC(C)C)CN1C(=O)[C@@H]1C[C@@H](N=C(N)N)CN1C(=O)[C@@H]1C[C@@H](N=C(N)N)CN1C(=O)[C@@H]1C[C@@H](OCC(C)C)CN1C(=O)CNC(=O)c1ccc(C(=O)O)c(-c2c3ccc(=O)cc-3oc3cc(O)ccc23)c1. The Labute approximate surface area is 449 Å². The average Bonchev–Trinajstić information content (AvgIpc) is 4.20. The summed E-state index contributed by atoms with van der Waals surface area (Å²) in [4.78, 5) is 126. The summed E-state index contributed by atoms with van der Waals surface area (Å²) < 4.78 is 18.2. The van der Waals surface area contributed by atoms with Gasteiger partial charge in [-0.3, -0.25) is 33.6 Å². The number of carboxylic acid groups (broad SMARTS) is 1. The van der Waals surface area contributed by atoms with E-state index < -0.39 is 90.5 Å². The molecule has 0 bridgehead atoms. The van der Waals surface area contributed by atoms with Gasteiger partial charge in [0.25, 0.3) is 5.91 Å². The van der Waals surface area contributed by atoms with Crippen LogP contribution in [0.5, 0.6) is 5.75 Å². The number of fused-ring (bicyclic) bond motifs is 2. The summed E-state index contributed by atoms with van der Waals surface area (Å²) in [5.74, 6) is -5.10. The predicted octanol–water partition coefficient (Wildman–Crippen LogP) is 1.06. The maximum Gasteiger partial charge on any atom is 0.336 e. The summed E-state index contributed by atoms with van der Waals surface area (Å²) in [6.07, 6.45) is -0.804. The highest BCUT2D eigenvalue weighted by atomic mass is 16.5. The number of hydrogen-bond donors (Lipinski definition) is 7. The Morgan fingerprint density at radius 2 is 1.22 bits per heavy atom. The van der Waals surface area contributed by atoms with Gasteiger partial charge in [-0.15, -0.1) is 0 Å². The number of carboxylic acids is 1. The molecule has 1 aliphatic carbocycles. The van der Waals surface area contributed by atoms with Crippen molar-refractivity contribution < 1.29 is 57.7 Å². The number of likely N-dealkylation sites (tertiary alicyclic amines) is 4. The first-order valence-electron chi connectivity index (χ1n) is 25.9. The molecular formula is C54H67N11O13. The van der Waals surface area contributed by atoms with Crippen LogP contribution in [-0.4, -0.2) is 177 Å². The van der Waals surface area contributed by atoms with Gasteiger partial charge in [0.1, 0.15) is 35.2 Å². The minimum absolute atomic E-state index is 0.0145. The smallest absolute Gasteiger partial charge is 0.336 e. The summed E-state index contributed by atoms with van der Waals surface area (Å²) in [6.45, 7) is 9.14. The molecule has 78 heavy (non-hydrogen) atoms. The molecule has 0 radical (unpaired) electrons. The topological polar surface area (TPSA) is 362 Å². The molecule has 0 unspecified atom stereocenters. The molecule has 4 saturated heterocycles. The Bertz CT molecular complexity index is 3100. The molecule has 2 aromatic rings. The average molecular weight is 1080 g/mol. The highest BCUT2D eigenvalue weighted by molar-refractivity contribution is 6.09. The van der Waals surface area contributed by atoms with Gasteiger partial charge in [-0.1, -0.05) is 27.7 Å². The molecule has 11 N–H and O–H groups in total. The number of ether oxygens (including phenoxy) is 2. The number of carbonyl (C=O) groups is 7. The molecule has 24 nitrogen and oxygen atoms in total. The van der Waals surface area contributed by atoms with Crippen LogP contribution in [0.3, 0.4) is 0 Å². The molecule has 0 saturated carbocycles. The third-order valence-corrected chi connectivity index (χ3v) is 14.4. The van der Waals surface area contributed by atoms with Gasteiger partial charge in [0.15, 0.2) is 23.1 Å². The summed E-state index contributed by atoms with van der Waals surface area (Å²) in [6, 6.07) is 6.17. The number of nitrogens with one attached hydrogen (secondary N) is 1. The van der Waals surface area contributed by atoms with Gasteiger partial charge in [-0.05, 0) is 66.8 Å². The summed E-state index contributed by atoms with van der Waals surface area (Å²) >= 11 is 0. The largest absolute Gasteiger partial charge is 0.508 e. The number of phenolic OH excluding ortho intramolecular Hbond substituents is 1. The lowest BCUT2D eigenvalue weighted by molar-refractivity contribution is -0.152. The number of Topliss-reactive ketones (excluding diaryl/α,β-unsaturated/α-hetero) is 1. The molecule has 416 valence electrons. The summed E-state index contributed by atoms with van der Waals surface area (Å²) in [5.41, 5.74) is 23.5. The minimum atomic E-state index is -1.33.